The molecule has 2 saturated carbocycles. The Morgan fingerprint density at radius 1 is 1.05 bits per heavy atom. The van der Waals surface area contributed by atoms with Crippen molar-refractivity contribution in [2.45, 2.75) is 50.9 Å². The van der Waals surface area contributed by atoms with E-state index in [9.17, 15) is 8.42 Å². The van der Waals surface area contributed by atoms with Crippen LogP contribution in [0.1, 0.15) is 55.6 Å². The standard InChI is InChI=1S/C17H23NO3S/c18-22(19,20)21-13-6-9-15-12(10-13)5-8-16-14-3-1-2-11(14)4-7-17(15)16/h6,9-11,14,16-17H,1-5,7-8H2,(H2,18,19,20). The zero-order valence-corrected chi connectivity index (χ0v) is 13.5. The van der Waals surface area contributed by atoms with Crippen LogP contribution in [0.25, 0.3) is 0 Å². The number of hydrogen-bond acceptors (Lipinski definition) is 3. The summed E-state index contributed by atoms with van der Waals surface area (Å²) < 4.78 is 27.0. The third-order valence-electron chi connectivity index (χ3n) is 6.11. The van der Waals surface area contributed by atoms with E-state index in [0.29, 0.717) is 11.7 Å². The Morgan fingerprint density at radius 2 is 1.91 bits per heavy atom. The van der Waals surface area contributed by atoms with Gasteiger partial charge in [0.25, 0.3) is 0 Å². The molecular formula is C17H23NO3S. The third kappa shape index (κ3) is 2.54. The van der Waals surface area contributed by atoms with E-state index in [1.165, 1.54) is 49.7 Å². The van der Waals surface area contributed by atoms with E-state index in [0.717, 1.165) is 24.2 Å². The van der Waals surface area contributed by atoms with Gasteiger partial charge in [-0.3, -0.25) is 0 Å². The van der Waals surface area contributed by atoms with Gasteiger partial charge < -0.3 is 4.18 Å². The van der Waals surface area contributed by atoms with Crippen molar-refractivity contribution in [3.8, 4) is 5.75 Å². The fourth-order valence-electron chi connectivity index (χ4n) is 5.36. The van der Waals surface area contributed by atoms with E-state index in [4.69, 9.17) is 9.32 Å². The maximum absolute atomic E-state index is 11.1. The predicted octanol–water partition coefficient (Wildman–Crippen LogP) is 3.13. The third-order valence-corrected chi connectivity index (χ3v) is 6.53. The van der Waals surface area contributed by atoms with E-state index < -0.39 is 10.3 Å². The van der Waals surface area contributed by atoms with Gasteiger partial charge in [-0.2, -0.15) is 13.6 Å². The number of benzene rings is 1. The first kappa shape index (κ1) is 14.5. The van der Waals surface area contributed by atoms with Crippen LogP contribution in [0, 0.1) is 17.8 Å². The summed E-state index contributed by atoms with van der Waals surface area (Å²) in [6, 6.07) is 5.70. The Hall–Kier alpha value is -1.07. The number of aryl methyl sites for hydroxylation is 1. The average Bonchev–Trinajstić information content (AvgIpc) is 2.93. The quantitative estimate of drug-likeness (QED) is 0.910. The van der Waals surface area contributed by atoms with Crippen molar-refractivity contribution in [1.29, 1.82) is 0 Å². The first-order chi connectivity index (χ1) is 10.5. The van der Waals surface area contributed by atoms with Gasteiger partial charge in [-0.25, -0.2) is 0 Å². The zero-order chi connectivity index (χ0) is 15.3. The molecule has 1 aromatic carbocycles. The van der Waals surface area contributed by atoms with Crippen LogP contribution in [-0.4, -0.2) is 8.42 Å². The Kier molecular flexibility index (Phi) is 3.46. The first-order valence-corrected chi connectivity index (χ1v) is 9.83. The summed E-state index contributed by atoms with van der Waals surface area (Å²) >= 11 is 0. The normalized spacial score (nSPS) is 33.7. The fourth-order valence-corrected chi connectivity index (χ4v) is 5.74. The number of rotatable bonds is 2. The summed E-state index contributed by atoms with van der Waals surface area (Å²) in [6.07, 6.45) is 9.16. The molecule has 0 aromatic heterocycles. The van der Waals surface area contributed by atoms with Gasteiger partial charge in [-0.15, -0.1) is 0 Å². The van der Waals surface area contributed by atoms with Crippen LogP contribution in [0.15, 0.2) is 18.2 Å². The van der Waals surface area contributed by atoms with E-state index in [1.54, 1.807) is 6.07 Å². The molecule has 4 atom stereocenters. The van der Waals surface area contributed by atoms with Gasteiger partial charge in [0, 0.05) is 0 Å². The highest BCUT2D eigenvalue weighted by Crippen LogP contribution is 2.55. The second-order valence-electron chi connectivity index (χ2n) is 7.18. The molecule has 0 radical (unpaired) electrons. The van der Waals surface area contributed by atoms with Crippen LogP contribution >= 0.6 is 0 Å². The summed E-state index contributed by atoms with van der Waals surface area (Å²) in [7, 11) is -3.94. The molecule has 4 unspecified atom stereocenters. The Bertz CT molecular complexity index is 685. The highest BCUT2D eigenvalue weighted by molar-refractivity contribution is 7.84. The molecule has 0 amide bonds. The highest BCUT2D eigenvalue weighted by Gasteiger charge is 2.43. The highest BCUT2D eigenvalue weighted by atomic mass is 32.2. The summed E-state index contributed by atoms with van der Waals surface area (Å²) in [4.78, 5) is 0. The summed E-state index contributed by atoms with van der Waals surface area (Å²) in [5.74, 6) is 3.72. The number of hydrogen-bond donors (Lipinski definition) is 1. The smallest absolute Gasteiger partial charge is 0.371 e. The SMILES string of the molecule is NS(=O)(=O)Oc1ccc2c(c1)CCC1C2CCC2CCCC21. The Morgan fingerprint density at radius 3 is 2.73 bits per heavy atom. The molecule has 2 fully saturated rings. The predicted molar refractivity (Wildman–Crippen MR) is 84.8 cm³/mol. The second-order valence-corrected chi connectivity index (χ2v) is 8.33. The minimum Gasteiger partial charge on any atom is -0.371 e. The van der Waals surface area contributed by atoms with E-state index in [1.807, 2.05) is 6.07 Å². The monoisotopic (exact) mass is 321 g/mol. The lowest BCUT2D eigenvalue weighted by atomic mass is 9.61. The molecule has 4 nitrogen and oxygen atoms in total. The summed E-state index contributed by atoms with van der Waals surface area (Å²) in [5.41, 5.74) is 2.67. The minimum absolute atomic E-state index is 0.342. The van der Waals surface area contributed by atoms with Crippen molar-refractivity contribution in [1.82, 2.24) is 0 Å². The van der Waals surface area contributed by atoms with E-state index >= 15 is 0 Å². The Labute approximate surface area is 132 Å². The molecular weight excluding hydrogens is 298 g/mol. The van der Waals surface area contributed by atoms with Crippen molar-refractivity contribution in [2.24, 2.45) is 22.9 Å². The molecule has 22 heavy (non-hydrogen) atoms. The van der Waals surface area contributed by atoms with E-state index in [2.05, 4.69) is 6.07 Å². The van der Waals surface area contributed by atoms with Crippen molar-refractivity contribution < 1.29 is 12.6 Å². The summed E-state index contributed by atoms with van der Waals surface area (Å²) in [5, 5.41) is 4.96. The number of fused-ring (bicyclic) bond motifs is 5. The van der Waals surface area contributed by atoms with Gasteiger partial charge in [0.1, 0.15) is 5.75 Å². The summed E-state index contributed by atoms with van der Waals surface area (Å²) in [6.45, 7) is 0. The lowest BCUT2D eigenvalue weighted by molar-refractivity contribution is 0.137. The molecule has 0 aliphatic heterocycles. The van der Waals surface area contributed by atoms with Gasteiger partial charge in [0.05, 0.1) is 0 Å². The lowest BCUT2D eigenvalue weighted by Crippen LogP contribution is -2.34. The molecule has 0 spiro atoms. The molecule has 0 bridgehead atoms. The molecule has 1 aromatic rings. The van der Waals surface area contributed by atoms with Gasteiger partial charge >= 0.3 is 10.3 Å². The molecule has 4 rings (SSSR count). The van der Waals surface area contributed by atoms with Gasteiger partial charge in [0.15, 0.2) is 0 Å². The van der Waals surface area contributed by atoms with Gasteiger partial charge in [-0.1, -0.05) is 18.9 Å². The first-order valence-electron chi connectivity index (χ1n) is 8.36. The molecule has 120 valence electrons. The van der Waals surface area contributed by atoms with Crippen molar-refractivity contribution in [3.05, 3.63) is 29.3 Å². The number of nitrogens with two attached hydrogens (primary N) is 1. The molecule has 3 aliphatic carbocycles. The van der Waals surface area contributed by atoms with Crippen molar-refractivity contribution in [2.75, 3.05) is 0 Å². The van der Waals surface area contributed by atoms with Crippen LogP contribution in [0.2, 0.25) is 0 Å². The average molecular weight is 321 g/mol. The fraction of sp³-hybridized carbons (Fsp3) is 0.647. The maximum Gasteiger partial charge on any atom is 0.380 e. The minimum atomic E-state index is -3.94. The second kappa shape index (κ2) is 5.24. The van der Waals surface area contributed by atoms with Crippen LogP contribution in [-0.2, 0) is 16.7 Å². The zero-order valence-electron chi connectivity index (χ0n) is 12.7. The molecule has 2 N–H and O–H groups in total. The molecule has 0 heterocycles. The largest absolute Gasteiger partial charge is 0.380 e. The van der Waals surface area contributed by atoms with Crippen molar-refractivity contribution >= 4 is 10.3 Å². The molecule has 3 aliphatic rings. The maximum atomic E-state index is 11.1. The van der Waals surface area contributed by atoms with Crippen LogP contribution < -0.4 is 9.32 Å². The van der Waals surface area contributed by atoms with Crippen LogP contribution in [0.5, 0.6) is 5.75 Å². The van der Waals surface area contributed by atoms with Crippen molar-refractivity contribution in [3.63, 3.8) is 0 Å². The Balaban J connectivity index is 1.63. The van der Waals surface area contributed by atoms with Gasteiger partial charge in [0.2, 0.25) is 0 Å². The molecule has 0 saturated heterocycles. The van der Waals surface area contributed by atoms with E-state index in [-0.39, 0.29) is 0 Å². The van der Waals surface area contributed by atoms with Crippen LogP contribution in [0.4, 0.5) is 0 Å². The molecule has 5 heteroatoms. The van der Waals surface area contributed by atoms with Crippen LogP contribution in [0.3, 0.4) is 0 Å². The van der Waals surface area contributed by atoms with Gasteiger partial charge in [-0.05, 0) is 79.0 Å². The topological polar surface area (TPSA) is 69.4 Å². The lowest BCUT2D eigenvalue weighted by Gasteiger charge is -2.44.